The zero-order chi connectivity index (χ0) is 15.5. The first-order valence-corrected chi connectivity index (χ1v) is 8.11. The summed E-state index contributed by atoms with van der Waals surface area (Å²) in [5.74, 6) is 1.01. The van der Waals surface area contributed by atoms with E-state index in [1.165, 1.54) is 12.8 Å². The second-order valence-electron chi connectivity index (χ2n) is 6.33. The number of likely N-dealkylation sites (N-methyl/N-ethyl adjacent to an activating group) is 1. The smallest absolute Gasteiger partial charge is 0.234 e. The molecule has 0 spiro atoms. The van der Waals surface area contributed by atoms with E-state index in [2.05, 4.69) is 18.3 Å². The van der Waals surface area contributed by atoms with Gasteiger partial charge in [-0.2, -0.15) is 0 Å². The Morgan fingerprint density at radius 1 is 1.36 bits per heavy atom. The molecule has 2 aromatic rings. The third kappa shape index (κ3) is 3.33. The summed E-state index contributed by atoms with van der Waals surface area (Å²) in [4.78, 5) is 14.2. The molecular formula is C18H24N2O2. The van der Waals surface area contributed by atoms with Crippen LogP contribution in [0.25, 0.3) is 11.0 Å². The summed E-state index contributed by atoms with van der Waals surface area (Å²) in [5.41, 5.74) is 0.896. The molecule has 1 aliphatic rings. The van der Waals surface area contributed by atoms with Crippen molar-refractivity contribution in [2.45, 2.75) is 44.7 Å². The molecule has 118 valence electrons. The van der Waals surface area contributed by atoms with Crippen molar-refractivity contribution in [2.24, 2.45) is 0 Å². The van der Waals surface area contributed by atoms with Crippen molar-refractivity contribution in [3.8, 4) is 0 Å². The normalized spacial score (nSPS) is 17.2. The molecular weight excluding hydrogens is 276 g/mol. The number of carbonyl (C=O) groups excluding carboxylic acids is 1. The first-order valence-electron chi connectivity index (χ1n) is 8.11. The van der Waals surface area contributed by atoms with E-state index in [1.807, 2.05) is 36.2 Å². The molecule has 1 atom stereocenters. The van der Waals surface area contributed by atoms with E-state index < -0.39 is 0 Å². The summed E-state index contributed by atoms with van der Waals surface area (Å²) >= 11 is 0. The lowest BCUT2D eigenvalue weighted by Crippen LogP contribution is -2.40. The number of amides is 1. The van der Waals surface area contributed by atoms with E-state index in [-0.39, 0.29) is 11.9 Å². The number of hydrogen-bond acceptors (Lipinski definition) is 3. The van der Waals surface area contributed by atoms with Crippen molar-refractivity contribution in [1.29, 1.82) is 0 Å². The molecule has 0 saturated heterocycles. The van der Waals surface area contributed by atoms with Gasteiger partial charge in [0.05, 0.1) is 12.6 Å². The number of nitrogens with one attached hydrogen (secondary N) is 1. The van der Waals surface area contributed by atoms with E-state index in [0.29, 0.717) is 12.6 Å². The van der Waals surface area contributed by atoms with Gasteiger partial charge >= 0.3 is 0 Å². The molecule has 4 heteroatoms. The van der Waals surface area contributed by atoms with Crippen LogP contribution in [0.5, 0.6) is 0 Å². The molecule has 1 heterocycles. The summed E-state index contributed by atoms with van der Waals surface area (Å²) in [7, 11) is 1.96. The van der Waals surface area contributed by atoms with Crippen LogP contribution >= 0.6 is 0 Å². The quantitative estimate of drug-likeness (QED) is 0.919. The van der Waals surface area contributed by atoms with Crippen LogP contribution in [0.3, 0.4) is 0 Å². The Bertz CT molecular complexity index is 610. The highest BCUT2D eigenvalue weighted by molar-refractivity contribution is 5.79. The number of nitrogens with zero attached hydrogens (tertiary/aromatic N) is 1. The molecule has 1 amide bonds. The van der Waals surface area contributed by atoms with Crippen LogP contribution in [0.15, 0.2) is 34.7 Å². The summed E-state index contributed by atoms with van der Waals surface area (Å²) in [6.45, 7) is 2.47. The van der Waals surface area contributed by atoms with Gasteiger partial charge in [0.2, 0.25) is 5.91 Å². The average Bonchev–Trinajstić information content (AvgIpc) is 3.14. The van der Waals surface area contributed by atoms with Gasteiger partial charge in [0, 0.05) is 11.4 Å². The highest BCUT2D eigenvalue weighted by Crippen LogP contribution is 2.26. The topological polar surface area (TPSA) is 45.5 Å². The minimum Gasteiger partial charge on any atom is -0.459 e. The molecule has 1 aromatic heterocycles. The number of carbonyl (C=O) groups is 1. The van der Waals surface area contributed by atoms with Crippen molar-refractivity contribution >= 4 is 16.9 Å². The molecule has 0 aliphatic heterocycles. The summed E-state index contributed by atoms with van der Waals surface area (Å²) in [5, 5.41) is 4.24. The molecule has 0 radical (unpaired) electrons. The number of furan rings is 1. The second-order valence-corrected chi connectivity index (χ2v) is 6.33. The van der Waals surface area contributed by atoms with E-state index in [1.54, 1.807) is 0 Å². The van der Waals surface area contributed by atoms with Crippen LogP contribution < -0.4 is 5.32 Å². The van der Waals surface area contributed by atoms with E-state index in [0.717, 1.165) is 29.6 Å². The van der Waals surface area contributed by atoms with Crippen LogP contribution in [0, 0.1) is 0 Å². The lowest BCUT2D eigenvalue weighted by atomic mass is 10.2. The molecule has 0 bridgehead atoms. The fourth-order valence-electron chi connectivity index (χ4n) is 3.13. The van der Waals surface area contributed by atoms with Gasteiger partial charge in [0.15, 0.2) is 0 Å². The number of fused-ring (bicyclic) bond motifs is 1. The molecule has 1 saturated carbocycles. The maximum absolute atomic E-state index is 12.1. The van der Waals surface area contributed by atoms with Gasteiger partial charge in [-0.3, -0.25) is 9.69 Å². The number of benzene rings is 1. The van der Waals surface area contributed by atoms with E-state index in [4.69, 9.17) is 4.42 Å². The summed E-state index contributed by atoms with van der Waals surface area (Å²) < 4.78 is 5.89. The Morgan fingerprint density at radius 2 is 2.09 bits per heavy atom. The Labute approximate surface area is 131 Å². The molecule has 4 nitrogen and oxygen atoms in total. The Morgan fingerprint density at radius 3 is 2.82 bits per heavy atom. The maximum atomic E-state index is 12.1. The fraction of sp³-hybridized carbons (Fsp3) is 0.500. The number of hydrogen-bond donors (Lipinski definition) is 1. The molecule has 22 heavy (non-hydrogen) atoms. The highest BCUT2D eigenvalue weighted by atomic mass is 16.3. The monoisotopic (exact) mass is 300 g/mol. The molecule has 1 N–H and O–H groups in total. The van der Waals surface area contributed by atoms with Crippen LogP contribution in [0.4, 0.5) is 0 Å². The standard InChI is InChI=1S/C18H24N2O2/c1-13(17-11-14-7-3-6-10-16(14)22-17)20(2)12-18(21)19-15-8-4-5-9-15/h3,6-7,10-11,13,15H,4-5,8-9,12H2,1-2H3,(H,19,21). The van der Waals surface area contributed by atoms with E-state index in [9.17, 15) is 4.79 Å². The largest absolute Gasteiger partial charge is 0.459 e. The molecule has 1 aliphatic carbocycles. The lowest BCUT2D eigenvalue weighted by molar-refractivity contribution is -0.123. The fourth-order valence-corrected chi connectivity index (χ4v) is 3.13. The van der Waals surface area contributed by atoms with Crippen LogP contribution in [-0.2, 0) is 4.79 Å². The minimum atomic E-state index is 0.0710. The van der Waals surface area contributed by atoms with Crippen molar-refractivity contribution < 1.29 is 9.21 Å². The Balaban J connectivity index is 1.60. The van der Waals surface area contributed by atoms with Gasteiger partial charge in [-0.25, -0.2) is 0 Å². The predicted molar refractivity (Wildman–Crippen MR) is 87.7 cm³/mol. The van der Waals surface area contributed by atoms with E-state index >= 15 is 0 Å². The maximum Gasteiger partial charge on any atom is 0.234 e. The van der Waals surface area contributed by atoms with Crippen molar-refractivity contribution in [1.82, 2.24) is 10.2 Å². The Hall–Kier alpha value is -1.81. The van der Waals surface area contributed by atoms with Gasteiger partial charge in [-0.1, -0.05) is 31.0 Å². The lowest BCUT2D eigenvalue weighted by Gasteiger charge is -2.23. The third-order valence-corrected chi connectivity index (χ3v) is 4.63. The van der Waals surface area contributed by atoms with Crippen molar-refractivity contribution in [3.63, 3.8) is 0 Å². The Kier molecular flexibility index (Phi) is 4.48. The zero-order valence-electron chi connectivity index (χ0n) is 13.3. The second kappa shape index (κ2) is 6.53. The number of para-hydroxylation sites is 1. The van der Waals surface area contributed by atoms with Gasteiger partial charge in [-0.15, -0.1) is 0 Å². The van der Waals surface area contributed by atoms with Crippen LogP contribution in [0.2, 0.25) is 0 Å². The highest BCUT2D eigenvalue weighted by Gasteiger charge is 2.21. The van der Waals surface area contributed by atoms with Crippen molar-refractivity contribution in [2.75, 3.05) is 13.6 Å². The first-order chi connectivity index (χ1) is 10.6. The zero-order valence-corrected chi connectivity index (χ0v) is 13.3. The third-order valence-electron chi connectivity index (χ3n) is 4.63. The van der Waals surface area contributed by atoms with Crippen molar-refractivity contribution in [3.05, 3.63) is 36.1 Å². The van der Waals surface area contributed by atoms with Gasteiger partial charge < -0.3 is 9.73 Å². The number of rotatable bonds is 5. The molecule has 1 unspecified atom stereocenters. The minimum absolute atomic E-state index is 0.0710. The summed E-state index contributed by atoms with van der Waals surface area (Å²) in [6.07, 6.45) is 4.70. The van der Waals surface area contributed by atoms with Gasteiger partial charge in [0.1, 0.15) is 11.3 Å². The average molecular weight is 300 g/mol. The van der Waals surface area contributed by atoms with Gasteiger partial charge in [0.25, 0.3) is 0 Å². The van der Waals surface area contributed by atoms with Crippen LogP contribution in [0.1, 0.15) is 44.4 Å². The molecule has 1 fully saturated rings. The molecule has 1 aromatic carbocycles. The SMILES string of the molecule is CC(c1cc2ccccc2o1)N(C)CC(=O)NC1CCCC1. The summed E-state index contributed by atoms with van der Waals surface area (Å²) in [6, 6.07) is 10.5. The van der Waals surface area contributed by atoms with Crippen LogP contribution in [-0.4, -0.2) is 30.4 Å². The van der Waals surface area contributed by atoms with Gasteiger partial charge in [-0.05, 0) is 38.9 Å². The first kappa shape index (κ1) is 15.1. The molecule has 3 rings (SSSR count). The predicted octanol–water partition coefficient (Wildman–Crippen LogP) is 3.48.